The molecule has 7 heteroatoms. The van der Waals surface area contributed by atoms with Gasteiger partial charge in [-0.1, -0.05) is 12.1 Å². The van der Waals surface area contributed by atoms with E-state index in [1.165, 1.54) is 6.07 Å². The van der Waals surface area contributed by atoms with E-state index in [-0.39, 0.29) is 31.3 Å². The van der Waals surface area contributed by atoms with Crippen LogP contribution in [-0.4, -0.2) is 39.9 Å². The number of benzene rings is 1. The molecule has 1 aromatic rings. The van der Waals surface area contributed by atoms with Gasteiger partial charge in [-0.3, -0.25) is 0 Å². The van der Waals surface area contributed by atoms with Crippen molar-refractivity contribution < 1.29 is 18.3 Å². The summed E-state index contributed by atoms with van der Waals surface area (Å²) in [5, 5.41) is 8.47. The zero-order chi connectivity index (χ0) is 12.7. The van der Waals surface area contributed by atoms with E-state index in [1.807, 2.05) is 0 Å². The minimum absolute atomic E-state index is 0.0724. The van der Waals surface area contributed by atoms with Gasteiger partial charge in [-0.15, -0.1) is 0 Å². The molecule has 0 atom stereocenters. The standard InChI is InChI=1S/C10H14BrNO4S/c11-9-3-1-2-4-10(9)17(14,15)12-5-7-16-8-6-13/h1-4,12-13H,5-8H2. The van der Waals surface area contributed by atoms with Crippen LogP contribution in [0.25, 0.3) is 0 Å². The lowest BCUT2D eigenvalue weighted by atomic mass is 10.4. The average molecular weight is 324 g/mol. The largest absolute Gasteiger partial charge is 0.394 e. The lowest BCUT2D eigenvalue weighted by molar-refractivity contribution is 0.0961. The third-order valence-electron chi connectivity index (χ3n) is 1.90. The highest BCUT2D eigenvalue weighted by atomic mass is 79.9. The molecule has 0 spiro atoms. The smallest absolute Gasteiger partial charge is 0.241 e. The molecule has 0 aliphatic carbocycles. The normalized spacial score (nSPS) is 11.6. The molecule has 0 fully saturated rings. The van der Waals surface area contributed by atoms with Crippen molar-refractivity contribution in [2.45, 2.75) is 4.90 Å². The minimum atomic E-state index is -3.52. The molecule has 0 aliphatic heterocycles. The van der Waals surface area contributed by atoms with Crippen LogP contribution >= 0.6 is 15.9 Å². The maximum atomic E-state index is 11.8. The first-order chi connectivity index (χ1) is 8.08. The molecule has 5 nitrogen and oxygen atoms in total. The van der Waals surface area contributed by atoms with Gasteiger partial charge in [0.2, 0.25) is 10.0 Å². The summed E-state index contributed by atoms with van der Waals surface area (Å²) < 4.78 is 31.6. The van der Waals surface area contributed by atoms with Gasteiger partial charge in [-0.05, 0) is 28.1 Å². The highest BCUT2D eigenvalue weighted by molar-refractivity contribution is 9.10. The number of nitrogens with one attached hydrogen (secondary N) is 1. The van der Waals surface area contributed by atoms with Crippen LogP contribution < -0.4 is 4.72 Å². The zero-order valence-electron chi connectivity index (χ0n) is 9.10. The number of aliphatic hydroxyl groups is 1. The van der Waals surface area contributed by atoms with E-state index in [0.717, 1.165) is 0 Å². The Morgan fingerprint density at radius 2 is 2.00 bits per heavy atom. The fraction of sp³-hybridized carbons (Fsp3) is 0.400. The number of aliphatic hydroxyl groups excluding tert-OH is 1. The number of halogens is 1. The predicted molar refractivity (Wildman–Crippen MR) is 67.2 cm³/mol. The van der Waals surface area contributed by atoms with Crippen molar-refractivity contribution in [1.29, 1.82) is 0 Å². The fourth-order valence-corrected chi connectivity index (χ4v) is 3.17. The SMILES string of the molecule is O=S(=O)(NCCOCCO)c1ccccc1Br. The molecule has 2 N–H and O–H groups in total. The first-order valence-electron chi connectivity index (χ1n) is 5.01. The summed E-state index contributed by atoms with van der Waals surface area (Å²) >= 11 is 3.18. The number of ether oxygens (including phenoxy) is 1. The van der Waals surface area contributed by atoms with Gasteiger partial charge in [-0.25, -0.2) is 13.1 Å². The van der Waals surface area contributed by atoms with Crippen LogP contribution in [0.3, 0.4) is 0 Å². The maximum Gasteiger partial charge on any atom is 0.241 e. The van der Waals surface area contributed by atoms with Crippen LogP contribution in [0.15, 0.2) is 33.6 Å². The highest BCUT2D eigenvalue weighted by Gasteiger charge is 2.15. The number of rotatable bonds is 7. The molecule has 0 radical (unpaired) electrons. The molecule has 17 heavy (non-hydrogen) atoms. The van der Waals surface area contributed by atoms with Gasteiger partial charge < -0.3 is 9.84 Å². The Balaban J connectivity index is 2.55. The quantitative estimate of drug-likeness (QED) is 0.725. The predicted octanol–water partition coefficient (Wildman–Crippen LogP) is 0.736. The van der Waals surface area contributed by atoms with Crippen molar-refractivity contribution in [3.63, 3.8) is 0 Å². The lowest BCUT2D eigenvalue weighted by Crippen LogP contribution is -2.28. The van der Waals surface area contributed by atoms with Gasteiger partial charge in [0.15, 0.2) is 0 Å². The van der Waals surface area contributed by atoms with Crippen LogP contribution in [0.5, 0.6) is 0 Å². The van der Waals surface area contributed by atoms with Crippen molar-refractivity contribution in [2.75, 3.05) is 26.4 Å². The Morgan fingerprint density at radius 3 is 2.65 bits per heavy atom. The molecule has 0 amide bonds. The topological polar surface area (TPSA) is 75.6 Å². The van der Waals surface area contributed by atoms with Gasteiger partial charge in [-0.2, -0.15) is 0 Å². The summed E-state index contributed by atoms with van der Waals surface area (Å²) in [6.07, 6.45) is 0. The first-order valence-corrected chi connectivity index (χ1v) is 7.28. The Kier molecular flexibility index (Phi) is 6.07. The van der Waals surface area contributed by atoms with E-state index in [4.69, 9.17) is 9.84 Å². The molecule has 0 heterocycles. The number of hydrogen-bond acceptors (Lipinski definition) is 4. The summed E-state index contributed by atoms with van der Waals surface area (Å²) in [4.78, 5) is 0.196. The second-order valence-electron chi connectivity index (χ2n) is 3.16. The molecule has 0 saturated carbocycles. The zero-order valence-corrected chi connectivity index (χ0v) is 11.5. The fourth-order valence-electron chi connectivity index (χ4n) is 1.16. The molecule has 0 unspecified atom stereocenters. The van der Waals surface area contributed by atoms with Gasteiger partial charge in [0.1, 0.15) is 0 Å². The number of hydrogen-bond donors (Lipinski definition) is 2. The second kappa shape index (κ2) is 7.07. The molecule has 0 aromatic heterocycles. The third kappa shape index (κ3) is 4.72. The van der Waals surface area contributed by atoms with Gasteiger partial charge in [0.25, 0.3) is 0 Å². The Labute approximate surface area is 109 Å². The molecule has 0 aliphatic rings. The Bertz CT molecular complexity index is 449. The summed E-state index contributed by atoms with van der Waals surface area (Å²) in [6, 6.07) is 6.58. The average Bonchev–Trinajstić information content (AvgIpc) is 2.29. The lowest BCUT2D eigenvalue weighted by Gasteiger charge is -2.08. The van der Waals surface area contributed by atoms with E-state index < -0.39 is 10.0 Å². The third-order valence-corrected chi connectivity index (χ3v) is 4.37. The van der Waals surface area contributed by atoms with Crippen molar-refractivity contribution in [3.8, 4) is 0 Å². The molecular formula is C10H14BrNO4S. The molecule has 1 aromatic carbocycles. The molecule has 1 rings (SSSR count). The van der Waals surface area contributed by atoms with Crippen molar-refractivity contribution >= 4 is 26.0 Å². The van der Waals surface area contributed by atoms with Gasteiger partial charge >= 0.3 is 0 Å². The van der Waals surface area contributed by atoms with Crippen LogP contribution in [0.1, 0.15) is 0 Å². The van der Waals surface area contributed by atoms with E-state index in [1.54, 1.807) is 18.2 Å². The van der Waals surface area contributed by atoms with E-state index in [2.05, 4.69) is 20.7 Å². The monoisotopic (exact) mass is 323 g/mol. The summed E-state index contributed by atoms with van der Waals surface area (Å²) in [7, 11) is -3.52. The highest BCUT2D eigenvalue weighted by Crippen LogP contribution is 2.20. The molecule has 96 valence electrons. The summed E-state index contributed by atoms with van der Waals surface area (Å²) in [6.45, 7) is 0.529. The number of sulfonamides is 1. The first kappa shape index (κ1) is 14.6. The molecule has 0 saturated heterocycles. The summed E-state index contributed by atoms with van der Waals surface area (Å²) in [5.41, 5.74) is 0. The van der Waals surface area contributed by atoms with Crippen LogP contribution in [0, 0.1) is 0 Å². The van der Waals surface area contributed by atoms with Crippen LogP contribution in [0.4, 0.5) is 0 Å². The van der Waals surface area contributed by atoms with Gasteiger partial charge in [0, 0.05) is 11.0 Å². The van der Waals surface area contributed by atoms with Crippen molar-refractivity contribution in [1.82, 2.24) is 4.72 Å². The van der Waals surface area contributed by atoms with Crippen LogP contribution in [-0.2, 0) is 14.8 Å². The van der Waals surface area contributed by atoms with Crippen molar-refractivity contribution in [3.05, 3.63) is 28.7 Å². The Morgan fingerprint density at radius 1 is 1.29 bits per heavy atom. The van der Waals surface area contributed by atoms with Crippen LogP contribution in [0.2, 0.25) is 0 Å². The summed E-state index contributed by atoms with van der Waals surface area (Å²) in [5.74, 6) is 0. The maximum absolute atomic E-state index is 11.8. The van der Waals surface area contributed by atoms with E-state index in [0.29, 0.717) is 4.47 Å². The van der Waals surface area contributed by atoms with E-state index >= 15 is 0 Å². The molecule has 0 bridgehead atoms. The second-order valence-corrected chi connectivity index (χ2v) is 5.75. The minimum Gasteiger partial charge on any atom is -0.394 e. The Hall–Kier alpha value is -0.470. The van der Waals surface area contributed by atoms with Gasteiger partial charge in [0.05, 0.1) is 24.7 Å². The van der Waals surface area contributed by atoms with Crippen molar-refractivity contribution in [2.24, 2.45) is 0 Å². The molecular weight excluding hydrogens is 310 g/mol. The van der Waals surface area contributed by atoms with E-state index in [9.17, 15) is 8.42 Å².